The second kappa shape index (κ2) is 3.20. The molecule has 4 nitrogen and oxygen atoms in total. The molecular formula is C9H15N3O. The lowest BCUT2D eigenvalue weighted by Gasteiger charge is -2.16. The van der Waals surface area contributed by atoms with E-state index in [1.54, 1.807) is 6.20 Å². The van der Waals surface area contributed by atoms with Gasteiger partial charge in [-0.15, -0.1) is 0 Å². The summed E-state index contributed by atoms with van der Waals surface area (Å²) in [5.41, 5.74) is 0.565. The molecule has 0 aliphatic carbocycles. The van der Waals surface area contributed by atoms with Gasteiger partial charge in [0.05, 0.1) is 6.20 Å². The van der Waals surface area contributed by atoms with Crippen molar-refractivity contribution in [1.82, 2.24) is 10.2 Å². The number of nitrogens with one attached hydrogen (secondary N) is 2. The van der Waals surface area contributed by atoms with Crippen LogP contribution in [0.3, 0.4) is 0 Å². The fourth-order valence-electron chi connectivity index (χ4n) is 0.774. The molecule has 13 heavy (non-hydrogen) atoms. The number of aryl methyl sites for hydroxylation is 1. The quantitative estimate of drug-likeness (QED) is 0.692. The van der Waals surface area contributed by atoms with Crippen LogP contribution in [0.15, 0.2) is 6.20 Å². The number of H-pyrrole nitrogens is 1. The van der Waals surface area contributed by atoms with Crippen molar-refractivity contribution in [3.05, 3.63) is 11.8 Å². The zero-order valence-electron chi connectivity index (χ0n) is 8.43. The summed E-state index contributed by atoms with van der Waals surface area (Å²) in [5.74, 6) is 0.666. The molecule has 1 aromatic rings. The molecule has 0 aliphatic heterocycles. The molecule has 1 amide bonds. The lowest BCUT2D eigenvalue weighted by atomic mass is 9.96. The maximum Gasteiger partial charge on any atom is 0.230 e. The first-order valence-corrected chi connectivity index (χ1v) is 4.22. The first kappa shape index (κ1) is 9.77. The number of hydrogen-bond acceptors (Lipinski definition) is 2. The van der Waals surface area contributed by atoms with Crippen molar-refractivity contribution in [1.29, 1.82) is 0 Å². The predicted octanol–water partition coefficient (Wildman–Crippen LogP) is 1.70. The average Bonchev–Trinajstić information content (AvgIpc) is 2.34. The molecule has 0 aromatic carbocycles. The molecule has 1 aromatic heterocycles. The van der Waals surface area contributed by atoms with E-state index in [4.69, 9.17) is 0 Å². The van der Waals surface area contributed by atoms with Crippen LogP contribution in [0.5, 0.6) is 0 Å². The van der Waals surface area contributed by atoms with Gasteiger partial charge in [-0.2, -0.15) is 5.10 Å². The van der Waals surface area contributed by atoms with Crippen LogP contribution < -0.4 is 5.32 Å². The Morgan fingerprint density at radius 2 is 2.15 bits per heavy atom. The number of carbonyl (C=O) groups is 1. The maximum atomic E-state index is 11.5. The third-order valence-electron chi connectivity index (χ3n) is 1.75. The molecule has 4 heteroatoms. The van der Waals surface area contributed by atoms with E-state index in [0.717, 1.165) is 5.56 Å². The van der Waals surface area contributed by atoms with Crippen LogP contribution in [0.4, 0.5) is 5.82 Å². The highest BCUT2D eigenvalue weighted by molar-refractivity contribution is 5.94. The van der Waals surface area contributed by atoms with Gasteiger partial charge in [-0.1, -0.05) is 20.8 Å². The number of carbonyl (C=O) groups excluding carboxylic acids is 1. The second-order valence-electron chi connectivity index (χ2n) is 4.13. The van der Waals surface area contributed by atoms with Gasteiger partial charge in [0.25, 0.3) is 0 Å². The predicted molar refractivity (Wildman–Crippen MR) is 51.4 cm³/mol. The normalized spacial score (nSPS) is 11.4. The van der Waals surface area contributed by atoms with Gasteiger partial charge in [0, 0.05) is 11.0 Å². The summed E-state index contributed by atoms with van der Waals surface area (Å²) in [5, 5.41) is 9.32. The number of anilines is 1. The Bertz CT molecular complexity index is 309. The summed E-state index contributed by atoms with van der Waals surface area (Å²) >= 11 is 0. The Balaban J connectivity index is 2.71. The Labute approximate surface area is 77.7 Å². The number of aromatic nitrogens is 2. The summed E-state index contributed by atoms with van der Waals surface area (Å²) in [4.78, 5) is 11.5. The van der Waals surface area contributed by atoms with E-state index in [0.29, 0.717) is 5.82 Å². The van der Waals surface area contributed by atoms with Gasteiger partial charge in [-0.25, -0.2) is 0 Å². The topological polar surface area (TPSA) is 57.8 Å². The van der Waals surface area contributed by atoms with Gasteiger partial charge in [0.1, 0.15) is 5.82 Å². The van der Waals surface area contributed by atoms with Gasteiger partial charge < -0.3 is 5.32 Å². The zero-order valence-corrected chi connectivity index (χ0v) is 8.43. The van der Waals surface area contributed by atoms with E-state index < -0.39 is 0 Å². The minimum absolute atomic E-state index is 0.0140. The van der Waals surface area contributed by atoms with E-state index in [1.165, 1.54) is 0 Å². The molecule has 0 atom stereocenters. The molecule has 72 valence electrons. The third kappa shape index (κ3) is 2.31. The van der Waals surface area contributed by atoms with Gasteiger partial charge in [0.15, 0.2) is 0 Å². The fourth-order valence-corrected chi connectivity index (χ4v) is 0.774. The Morgan fingerprint density at radius 3 is 2.54 bits per heavy atom. The van der Waals surface area contributed by atoms with E-state index in [1.807, 2.05) is 27.7 Å². The standard InChI is InChI=1S/C9H15N3O/c1-6-5-10-12-7(6)11-8(13)9(2,3)4/h5H,1-4H3,(H2,10,11,12,13). The Morgan fingerprint density at radius 1 is 1.54 bits per heavy atom. The molecular weight excluding hydrogens is 166 g/mol. The first-order chi connectivity index (χ1) is 5.91. The summed E-state index contributed by atoms with van der Waals surface area (Å²) in [6.07, 6.45) is 1.68. The number of hydrogen-bond donors (Lipinski definition) is 2. The first-order valence-electron chi connectivity index (χ1n) is 4.22. The highest BCUT2D eigenvalue weighted by Crippen LogP contribution is 2.17. The smallest absolute Gasteiger partial charge is 0.230 e. The van der Waals surface area contributed by atoms with Crippen molar-refractivity contribution in [2.75, 3.05) is 5.32 Å². The van der Waals surface area contributed by atoms with Gasteiger partial charge in [-0.3, -0.25) is 9.89 Å². The van der Waals surface area contributed by atoms with E-state index >= 15 is 0 Å². The maximum absolute atomic E-state index is 11.5. The van der Waals surface area contributed by atoms with Gasteiger partial charge in [-0.05, 0) is 6.92 Å². The molecule has 0 spiro atoms. The Hall–Kier alpha value is -1.32. The summed E-state index contributed by atoms with van der Waals surface area (Å²) in [7, 11) is 0. The van der Waals surface area contributed by atoms with Crippen LogP contribution in [0.25, 0.3) is 0 Å². The van der Waals surface area contributed by atoms with Crippen molar-refractivity contribution in [2.45, 2.75) is 27.7 Å². The third-order valence-corrected chi connectivity index (χ3v) is 1.75. The monoisotopic (exact) mass is 181 g/mol. The van der Waals surface area contributed by atoms with Crippen LogP contribution in [-0.4, -0.2) is 16.1 Å². The van der Waals surface area contributed by atoms with Crippen LogP contribution in [-0.2, 0) is 4.79 Å². The lowest BCUT2D eigenvalue weighted by Crippen LogP contribution is -2.28. The van der Waals surface area contributed by atoms with Gasteiger partial charge in [0.2, 0.25) is 5.91 Å². The SMILES string of the molecule is Cc1cn[nH]c1NC(=O)C(C)(C)C. The van der Waals surface area contributed by atoms with E-state index in [2.05, 4.69) is 15.5 Å². The van der Waals surface area contributed by atoms with Crippen LogP contribution >= 0.6 is 0 Å². The minimum atomic E-state index is -0.377. The number of rotatable bonds is 1. The molecule has 0 saturated carbocycles. The molecule has 0 fully saturated rings. The van der Waals surface area contributed by atoms with Crippen molar-refractivity contribution in [3.8, 4) is 0 Å². The molecule has 0 bridgehead atoms. The van der Waals surface area contributed by atoms with Crippen LogP contribution in [0, 0.1) is 12.3 Å². The molecule has 0 unspecified atom stereocenters. The molecule has 0 radical (unpaired) electrons. The van der Waals surface area contributed by atoms with Crippen LogP contribution in [0.2, 0.25) is 0 Å². The largest absolute Gasteiger partial charge is 0.310 e. The van der Waals surface area contributed by atoms with Crippen LogP contribution in [0.1, 0.15) is 26.3 Å². The summed E-state index contributed by atoms with van der Waals surface area (Å²) < 4.78 is 0. The van der Waals surface area contributed by atoms with Crippen molar-refractivity contribution < 1.29 is 4.79 Å². The fraction of sp³-hybridized carbons (Fsp3) is 0.556. The van der Waals surface area contributed by atoms with Crippen molar-refractivity contribution in [2.24, 2.45) is 5.41 Å². The van der Waals surface area contributed by atoms with E-state index in [9.17, 15) is 4.79 Å². The Kier molecular flexibility index (Phi) is 2.40. The summed E-state index contributed by atoms with van der Waals surface area (Å²) in [6.45, 7) is 7.50. The van der Waals surface area contributed by atoms with Gasteiger partial charge >= 0.3 is 0 Å². The number of nitrogens with zero attached hydrogens (tertiary/aromatic N) is 1. The lowest BCUT2D eigenvalue weighted by molar-refractivity contribution is -0.123. The minimum Gasteiger partial charge on any atom is -0.310 e. The molecule has 0 saturated heterocycles. The molecule has 0 aliphatic rings. The number of amides is 1. The molecule has 1 heterocycles. The highest BCUT2D eigenvalue weighted by Gasteiger charge is 2.21. The second-order valence-corrected chi connectivity index (χ2v) is 4.13. The number of aromatic amines is 1. The van der Waals surface area contributed by atoms with Crippen molar-refractivity contribution >= 4 is 11.7 Å². The molecule has 2 N–H and O–H groups in total. The van der Waals surface area contributed by atoms with Crippen molar-refractivity contribution in [3.63, 3.8) is 0 Å². The van der Waals surface area contributed by atoms with E-state index in [-0.39, 0.29) is 11.3 Å². The average molecular weight is 181 g/mol. The molecule has 1 rings (SSSR count). The summed E-state index contributed by atoms with van der Waals surface area (Å²) in [6, 6.07) is 0. The zero-order chi connectivity index (χ0) is 10.1. The highest BCUT2D eigenvalue weighted by atomic mass is 16.2.